The van der Waals surface area contributed by atoms with E-state index in [9.17, 15) is 4.79 Å². The lowest BCUT2D eigenvalue weighted by atomic mass is 10.4. The van der Waals surface area contributed by atoms with E-state index < -0.39 is 11.2 Å². The van der Waals surface area contributed by atoms with Crippen LogP contribution in [0.5, 0.6) is 0 Å². The number of rotatable bonds is 3. The summed E-state index contributed by atoms with van der Waals surface area (Å²) in [6.07, 6.45) is 0. The third-order valence-corrected chi connectivity index (χ3v) is 3.09. The molecule has 0 saturated heterocycles. The van der Waals surface area contributed by atoms with Gasteiger partial charge in [0.1, 0.15) is 5.25 Å². The van der Waals surface area contributed by atoms with E-state index >= 15 is 0 Å². The number of carboxylic acids is 1. The van der Waals surface area contributed by atoms with Crippen LogP contribution in [-0.2, 0) is 4.79 Å². The number of aliphatic carboxylic acids is 1. The SMILES string of the molecule is C[C@@H](Sc1ccccc1Cl)C(=O)O. The highest BCUT2D eigenvalue weighted by Gasteiger charge is 2.13. The van der Waals surface area contributed by atoms with E-state index in [4.69, 9.17) is 16.7 Å². The topological polar surface area (TPSA) is 37.3 Å². The van der Waals surface area contributed by atoms with Gasteiger partial charge in [0.2, 0.25) is 0 Å². The molecule has 0 bridgehead atoms. The van der Waals surface area contributed by atoms with Gasteiger partial charge in [-0.05, 0) is 19.1 Å². The third kappa shape index (κ3) is 2.94. The molecular weight excluding hydrogens is 208 g/mol. The van der Waals surface area contributed by atoms with Crippen molar-refractivity contribution in [3.63, 3.8) is 0 Å². The predicted octanol–water partition coefficient (Wildman–Crippen LogP) is 2.91. The van der Waals surface area contributed by atoms with E-state index in [0.717, 1.165) is 4.90 Å². The highest BCUT2D eigenvalue weighted by atomic mass is 35.5. The van der Waals surface area contributed by atoms with Gasteiger partial charge in [0.05, 0.1) is 5.02 Å². The smallest absolute Gasteiger partial charge is 0.316 e. The molecule has 0 heterocycles. The zero-order valence-electron chi connectivity index (χ0n) is 7.03. The molecule has 70 valence electrons. The molecule has 1 aromatic carbocycles. The Kier molecular flexibility index (Phi) is 3.63. The van der Waals surface area contributed by atoms with E-state index in [1.54, 1.807) is 13.0 Å². The number of thioether (sulfide) groups is 1. The Morgan fingerprint density at radius 2 is 2.15 bits per heavy atom. The Labute approximate surface area is 85.9 Å². The third-order valence-electron chi connectivity index (χ3n) is 1.49. The van der Waals surface area contributed by atoms with E-state index in [-0.39, 0.29) is 0 Å². The minimum absolute atomic E-state index is 0.472. The fourth-order valence-corrected chi connectivity index (χ4v) is 1.87. The van der Waals surface area contributed by atoms with Gasteiger partial charge < -0.3 is 5.11 Å². The van der Waals surface area contributed by atoms with Crippen LogP contribution in [0.4, 0.5) is 0 Å². The Balaban J connectivity index is 2.74. The first-order chi connectivity index (χ1) is 6.11. The minimum Gasteiger partial charge on any atom is -0.480 e. The van der Waals surface area contributed by atoms with Crippen molar-refractivity contribution in [2.45, 2.75) is 17.1 Å². The normalized spacial score (nSPS) is 12.5. The van der Waals surface area contributed by atoms with Gasteiger partial charge in [-0.3, -0.25) is 4.79 Å². The molecule has 0 aliphatic carbocycles. The Morgan fingerprint density at radius 3 is 2.69 bits per heavy atom. The lowest BCUT2D eigenvalue weighted by Gasteiger charge is -2.06. The summed E-state index contributed by atoms with van der Waals surface area (Å²) >= 11 is 7.11. The van der Waals surface area contributed by atoms with Crippen LogP contribution in [0.3, 0.4) is 0 Å². The number of halogens is 1. The van der Waals surface area contributed by atoms with Crippen molar-refractivity contribution >= 4 is 29.3 Å². The number of benzene rings is 1. The molecule has 0 aliphatic rings. The van der Waals surface area contributed by atoms with Gasteiger partial charge in [0.15, 0.2) is 0 Å². The molecule has 1 aromatic rings. The van der Waals surface area contributed by atoms with Gasteiger partial charge in [0.25, 0.3) is 0 Å². The highest BCUT2D eigenvalue weighted by molar-refractivity contribution is 8.00. The summed E-state index contributed by atoms with van der Waals surface area (Å²) in [6, 6.07) is 7.21. The van der Waals surface area contributed by atoms with Crippen molar-refractivity contribution in [3.05, 3.63) is 29.3 Å². The first-order valence-electron chi connectivity index (χ1n) is 3.75. The zero-order valence-corrected chi connectivity index (χ0v) is 8.60. The Morgan fingerprint density at radius 1 is 1.54 bits per heavy atom. The second kappa shape index (κ2) is 4.53. The predicted molar refractivity (Wildman–Crippen MR) is 54.4 cm³/mol. The maximum absolute atomic E-state index is 10.6. The minimum atomic E-state index is -0.829. The van der Waals surface area contributed by atoms with Crippen molar-refractivity contribution in [1.29, 1.82) is 0 Å². The van der Waals surface area contributed by atoms with Gasteiger partial charge in [-0.2, -0.15) is 0 Å². The average Bonchev–Trinajstić information content (AvgIpc) is 2.08. The Hall–Kier alpha value is -0.670. The van der Waals surface area contributed by atoms with Gasteiger partial charge >= 0.3 is 5.97 Å². The standard InChI is InChI=1S/C9H9ClO2S/c1-6(9(11)12)13-8-5-3-2-4-7(8)10/h2-6H,1H3,(H,11,12)/t6-/m1/s1. The maximum Gasteiger partial charge on any atom is 0.316 e. The van der Waals surface area contributed by atoms with Gasteiger partial charge in [-0.25, -0.2) is 0 Å². The molecule has 0 aromatic heterocycles. The molecule has 1 N–H and O–H groups in total. The number of carbonyl (C=O) groups is 1. The fourth-order valence-electron chi connectivity index (χ4n) is 0.781. The van der Waals surface area contributed by atoms with Crippen LogP contribution in [-0.4, -0.2) is 16.3 Å². The van der Waals surface area contributed by atoms with E-state index in [0.29, 0.717) is 5.02 Å². The number of hydrogen-bond acceptors (Lipinski definition) is 2. The molecule has 0 fully saturated rings. The summed E-state index contributed by atoms with van der Waals surface area (Å²) in [5, 5.41) is 8.80. The van der Waals surface area contributed by atoms with Crippen molar-refractivity contribution in [3.8, 4) is 0 Å². The average molecular weight is 217 g/mol. The molecular formula is C9H9ClO2S. The maximum atomic E-state index is 10.6. The van der Waals surface area contributed by atoms with Crippen molar-refractivity contribution in [2.75, 3.05) is 0 Å². The number of hydrogen-bond donors (Lipinski definition) is 1. The van der Waals surface area contributed by atoms with Crippen LogP contribution < -0.4 is 0 Å². The lowest BCUT2D eigenvalue weighted by Crippen LogP contribution is -2.10. The zero-order chi connectivity index (χ0) is 9.84. The first kappa shape index (κ1) is 10.4. The molecule has 4 heteroatoms. The second-order valence-corrected chi connectivity index (χ2v) is 4.32. The fraction of sp³-hybridized carbons (Fsp3) is 0.222. The first-order valence-corrected chi connectivity index (χ1v) is 5.01. The molecule has 0 spiro atoms. The van der Waals surface area contributed by atoms with Crippen LogP contribution in [0.1, 0.15) is 6.92 Å². The van der Waals surface area contributed by atoms with E-state index in [1.807, 2.05) is 18.2 Å². The van der Waals surface area contributed by atoms with Crippen molar-refractivity contribution in [1.82, 2.24) is 0 Å². The molecule has 0 radical (unpaired) electrons. The molecule has 1 atom stereocenters. The molecule has 2 nitrogen and oxygen atoms in total. The molecule has 0 saturated carbocycles. The van der Waals surface area contributed by atoms with Crippen LogP contribution >= 0.6 is 23.4 Å². The van der Waals surface area contributed by atoms with Crippen LogP contribution in [0, 0.1) is 0 Å². The quantitative estimate of drug-likeness (QED) is 0.790. The monoisotopic (exact) mass is 216 g/mol. The largest absolute Gasteiger partial charge is 0.480 e. The molecule has 0 amide bonds. The van der Waals surface area contributed by atoms with Crippen LogP contribution in [0.2, 0.25) is 5.02 Å². The summed E-state index contributed by atoms with van der Waals surface area (Å²) in [6.45, 7) is 1.64. The van der Waals surface area contributed by atoms with Gasteiger partial charge in [-0.15, -0.1) is 11.8 Å². The molecule has 13 heavy (non-hydrogen) atoms. The van der Waals surface area contributed by atoms with Crippen molar-refractivity contribution in [2.24, 2.45) is 0 Å². The summed E-state index contributed by atoms with van der Waals surface area (Å²) in [4.78, 5) is 11.4. The molecule has 0 aliphatic heterocycles. The van der Waals surface area contributed by atoms with E-state index in [1.165, 1.54) is 11.8 Å². The van der Waals surface area contributed by atoms with E-state index in [2.05, 4.69) is 0 Å². The lowest BCUT2D eigenvalue weighted by molar-refractivity contribution is -0.136. The summed E-state index contributed by atoms with van der Waals surface area (Å²) in [5.74, 6) is -0.829. The second-order valence-electron chi connectivity index (χ2n) is 2.53. The van der Waals surface area contributed by atoms with Gasteiger partial charge in [-0.1, -0.05) is 23.7 Å². The van der Waals surface area contributed by atoms with Crippen LogP contribution in [0.25, 0.3) is 0 Å². The number of carboxylic acid groups (broad SMARTS) is 1. The molecule has 1 rings (SSSR count). The van der Waals surface area contributed by atoms with Crippen molar-refractivity contribution < 1.29 is 9.90 Å². The molecule has 0 unspecified atom stereocenters. The van der Waals surface area contributed by atoms with Crippen LogP contribution in [0.15, 0.2) is 29.2 Å². The summed E-state index contributed by atoms with van der Waals surface area (Å²) in [7, 11) is 0. The Bertz CT molecular complexity index is 314. The highest BCUT2D eigenvalue weighted by Crippen LogP contribution is 2.29. The summed E-state index contributed by atoms with van der Waals surface area (Å²) < 4.78 is 0. The summed E-state index contributed by atoms with van der Waals surface area (Å²) in [5.41, 5.74) is 0. The van der Waals surface area contributed by atoms with Gasteiger partial charge in [0, 0.05) is 4.90 Å².